The van der Waals surface area contributed by atoms with Crippen molar-refractivity contribution in [1.29, 1.82) is 0 Å². The van der Waals surface area contributed by atoms with E-state index in [9.17, 15) is 18.0 Å². The van der Waals surface area contributed by atoms with Gasteiger partial charge in [-0.15, -0.1) is 0 Å². The highest BCUT2D eigenvalue weighted by Gasteiger charge is 2.34. The minimum Gasteiger partial charge on any atom is -0.327 e. The highest BCUT2D eigenvalue weighted by atomic mass is 79.9. The van der Waals surface area contributed by atoms with Crippen LogP contribution in [0.3, 0.4) is 0 Å². The second-order valence-electron chi connectivity index (χ2n) is 4.27. The summed E-state index contributed by atoms with van der Waals surface area (Å²) < 4.78 is 37.9. The Hall–Kier alpha value is -0.750. The molecule has 1 rings (SSSR count). The summed E-state index contributed by atoms with van der Waals surface area (Å²) in [7, 11) is 0. The van der Waals surface area contributed by atoms with Gasteiger partial charge >= 0.3 is 6.18 Å². The lowest BCUT2D eigenvalue weighted by atomic mass is 10.1. The van der Waals surface area contributed by atoms with Gasteiger partial charge in [0.25, 0.3) is 5.91 Å². The van der Waals surface area contributed by atoms with Crippen molar-refractivity contribution >= 4 is 33.4 Å². The van der Waals surface area contributed by atoms with E-state index >= 15 is 0 Å². The second kappa shape index (κ2) is 6.13. The fourth-order valence-electron chi connectivity index (χ4n) is 1.48. The van der Waals surface area contributed by atoms with Crippen LogP contribution in [0.15, 0.2) is 22.7 Å². The average Bonchev–Trinajstić information content (AvgIpc) is 2.27. The lowest BCUT2D eigenvalue weighted by Gasteiger charge is -2.27. The Morgan fingerprint density at radius 2 is 2.00 bits per heavy atom. The van der Waals surface area contributed by atoms with Crippen LogP contribution >= 0.6 is 27.5 Å². The number of hydrogen-bond donors (Lipinski definition) is 0. The molecule has 1 amide bonds. The Bertz CT molecular complexity index is 477. The van der Waals surface area contributed by atoms with Gasteiger partial charge in [0.1, 0.15) is 6.54 Å². The summed E-state index contributed by atoms with van der Waals surface area (Å²) in [5, 5.41) is 0.392. The SMILES string of the molecule is CC(C)N(CC(F)(F)F)C(=O)c1ccc(Cl)c(Br)c1. The van der Waals surface area contributed by atoms with Gasteiger partial charge in [-0.1, -0.05) is 11.6 Å². The standard InChI is InChI=1S/C12H12BrClF3NO/c1-7(2)18(6-12(15,16)17)11(19)8-3-4-10(14)9(13)5-8/h3-5,7H,6H2,1-2H3. The molecule has 1 aromatic carbocycles. The van der Waals surface area contributed by atoms with Crippen LogP contribution in [0, 0.1) is 0 Å². The summed E-state index contributed by atoms with van der Waals surface area (Å²) in [6, 6.07) is 3.73. The van der Waals surface area contributed by atoms with Gasteiger partial charge in [0.2, 0.25) is 0 Å². The number of carbonyl (C=O) groups excluding carboxylic acids is 1. The van der Waals surface area contributed by atoms with Gasteiger partial charge in [-0.25, -0.2) is 0 Å². The molecule has 0 spiro atoms. The molecule has 0 aliphatic heterocycles. The van der Waals surface area contributed by atoms with Gasteiger partial charge < -0.3 is 4.90 Å². The van der Waals surface area contributed by atoms with Crippen molar-refractivity contribution in [3.8, 4) is 0 Å². The van der Waals surface area contributed by atoms with E-state index in [1.165, 1.54) is 32.0 Å². The number of nitrogens with zero attached hydrogens (tertiary/aromatic N) is 1. The van der Waals surface area contributed by atoms with E-state index in [4.69, 9.17) is 11.6 Å². The summed E-state index contributed by atoms with van der Waals surface area (Å²) >= 11 is 8.92. The normalized spacial score (nSPS) is 11.8. The first-order valence-corrected chi connectivity index (χ1v) is 6.61. The van der Waals surface area contributed by atoms with Gasteiger partial charge in [0.15, 0.2) is 0 Å². The highest BCUT2D eigenvalue weighted by molar-refractivity contribution is 9.10. The largest absolute Gasteiger partial charge is 0.406 e. The molecule has 0 atom stereocenters. The molecule has 1 aromatic rings. The van der Waals surface area contributed by atoms with Crippen molar-refractivity contribution in [2.24, 2.45) is 0 Å². The number of alkyl halides is 3. The minimum atomic E-state index is -4.43. The van der Waals surface area contributed by atoms with Crippen molar-refractivity contribution in [1.82, 2.24) is 4.90 Å². The fourth-order valence-corrected chi connectivity index (χ4v) is 1.97. The molecule has 0 saturated carbocycles. The molecule has 0 fully saturated rings. The van der Waals surface area contributed by atoms with Gasteiger partial charge in [0.05, 0.1) is 5.02 Å². The molecular weight excluding hydrogens is 346 g/mol. The number of rotatable bonds is 3. The van der Waals surface area contributed by atoms with Crippen molar-refractivity contribution in [3.05, 3.63) is 33.3 Å². The molecular formula is C12H12BrClF3NO. The number of halogens is 5. The molecule has 0 radical (unpaired) electrons. The molecule has 0 bridgehead atoms. The summed E-state index contributed by atoms with van der Waals surface area (Å²) in [5.41, 5.74) is 0.161. The maximum Gasteiger partial charge on any atom is 0.406 e. The van der Waals surface area contributed by atoms with Crippen LogP contribution in [0.1, 0.15) is 24.2 Å². The lowest BCUT2D eigenvalue weighted by Crippen LogP contribution is -2.43. The van der Waals surface area contributed by atoms with Gasteiger partial charge in [-0.2, -0.15) is 13.2 Å². The third-order valence-electron chi connectivity index (χ3n) is 2.40. The first-order valence-electron chi connectivity index (χ1n) is 5.44. The predicted octanol–water partition coefficient (Wildman–Crippen LogP) is 4.52. The van der Waals surface area contributed by atoms with Crippen LogP contribution in [0.2, 0.25) is 5.02 Å². The Kier molecular flexibility index (Phi) is 5.26. The average molecular weight is 359 g/mol. The first-order chi connectivity index (χ1) is 8.61. The van der Waals surface area contributed by atoms with E-state index in [0.717, 1.165) is 4.90 Å². The van der Waals surface area contributed by atoms with Gasteiger partial charge in [-0.3, -0.25) is 4.79 Å². The Balaban J connectivity index is 3.02. The number of amides is 1. The molecule has 0 heterocycles. The Morgan fingerprint density at radius 3 is 2.42 bits per heavy atom. The van der Waals surface area contributed by atoms with E-state index < -0.39 is 24.7 Å². The molecule has 19 heavy (non-hydrogen) atoms. The topological polar surface area (TPSA) is 20.3 Å². The van der Waals surface area contributed by atoms with Crippen LogP contribution < -0.4 is 0 Å². The zero-order valence-corrected chi connectivity index (χ0v) is 12.6. The quantitative estimate of drug-likeness (QED) is 0.778. The highest BCUT2D eigenvalue weighted by Crippen LogP contribution is 2.25. The molecule has 7 heteroatoms. The van der Waals surface area contributed by atoms with Crippen LogP contribution in [0.25, 0.3) is 0 Å². The summed E-state index contributed by atoms with van der Waals surface area (Å²) in [6.07, 6.45) is -4.43. The summed E-state index contributed by atoms with van der Waals surface area (Å²) in [5.74, 6) is -0.676. The van der Waals surface area contributed by atoms with Crippen LogP contribution in [-0.2, 0) is 0 Å². The molecule has 0 aliphatic carbocycles. The van der Waals surface area contributed by atoms with E-state index in [1.807, 2.05) is 0 Å². The Labute approximate surface area is 122 Å². The van der Waals surface area contributed by atoms with Crippen LogP contribution in [0.5, 0.6) is 0 Å². The smallest absolute Gasteiger partial charge is 0.327 e. The zero-order chi connectivity index (χ0) is 14.8. The van der Waals surface area contributed by atoms with E-state index in [0.29, 0.717) is 9.50 Å². The number of benzene rings is 1. The molecule has 106 valence electrons. The van der Waals surface area contributed by atoms with E-state index in [2.05, 4.69) is 15.9 Å². The van der Waals surface area contributed by atoms with Crippen molar-refractivity contribution < 1.29 is 18.0 Å². The van der Waals surface area contributed by atoms with Gasteiger partial charge in [0, 0.05) is 16.1 Å². The monoisotopic (exact) mass is 357 g/mol. The van der Waals surface area contributed by atoms with E-state index in [1.54, 1.807) is 0 Å². The Morgan fingerprint density at radius 1 is 1.42 bits per heavy atom. The third-order valence-corrected chi connectivity index (χ3v) is 3.61. The lowest BCUT2D eigenvalue weighted by molar-refractivity contribution is -0.143. The molecule has 2 nitrogen and oxygen atoms in total. The van der Waals surface area contributed by atoms with E-state index in [-0.39, 0.29) is 5.56 Å². The molecule has 0 unspecified atom stereocenters. The maximum absolute atomic E-state index is 12.5. The number of carbonyl (C=O) groups is 1. The number of hydrogen-bond acceptors (Lipinski definition) is 1. The van der Waals surface area contributed by atoms with Crippen molar-refractivity contribution in [2.45, 2.75) is 26.1 Å². The molecule has 0 aliphatic rings. The molecule has 0 N–H and O–H groups in total. The fraction of sp³-hybridized carbons (Fsp3) is 0.417. The van der Waals surface area contributed by atoms with Gasteiger partial charge in [-0.05, 0) is 48.0 Å². The maximum atomic E-state index is 12.5. The van der Waals surface area contributed by atoms with Crippen molar-refractivity contribution in [2.75, 3.05) is 6.54 Å². The molecule has 0 aromatic heterocycles. The predicted molar refractivity (Wildman–Crippen MR) is 71.4 cm³/mol. The summed E-state index contributed by atoms with van der Waals surface area (Å²) in [6.45, 7) is 1.80. The first kappa shape index (κ1) is 16.3. The zero-order valence-electron chi connectivity index (χ0n) is 10.3. The second-order valence-corrected chi connectivity index (χ2v) is 5.53. The minimum absolute atomic E-state index is 0.161. The summed E-state index contributed by atoms with van der Waals surface area (Å²) in [4.78, 5) is 12.9. The van der Waals surface area contributed by atoms with Crippen LogP contribution in [-0.4, -0.2) is 29.6 Å². The van der Waals surface area contributed by atoms with Crippen molar-refractivity contribution in [3.63, 3.8) is 0 Å². The third kappa shape index (κ3) is 4.69. The molecule has 0 saturated heterocycles. The van der Waals surface area contributed by atoms with Crippen LogP contribution in [0.4, 0.5) is 13.2 Å².